The third-order valence-electron chi connectivity index (χ3n) is 3.46. The van der Waals surface area contributed by atoms with Gasteiger partial charge in [-0.2, -0.15) is 0 Å². The van der Waals surface area contributed by atoms with Crippen molar-refractivity contribution in [1.82, 2.24) is 10.9 Å². The molecule has 7 nitrogen and oxygen atoms in total. The van der Waals surface area contributed by atoms with Crippen LogP contribution in [0.4, 0.5) is 0 Å². The van der Waals surface area contributed by atoms with Gasteiger partial charge in [0.25, 0.3) is 11.8 Å². The molecule has 2 aromatic rings. The number of carbonyl (C=O) groups excluding carboxylic acids is 2. The normalized spacial score (nSPS) is 10.0. The van der Waals surface area contributed by atoms with Crippen LogP contribution in [-0.4, -0.2) is 31.6 Å². The van der Waals surface area contributed by atoms with Crippen LogP contribution in [0.2, 0.25) is 0 Å². The monoisotopic (exact) mass is 372 g/mol. The summed E-state index contributed by atoms with van der Waals surface area (Å²) in [5.74, 6) is 0.687. The second-order valence-corrected chi connectivity index (χ2v) is 5.73. The molecule has 0 spiro atoms. The molecule has 0 atom stereocenters. The molecule has 0 fully saturated rings. The average Bonchev–Trinajstić information content (AvgIpc) is 2.69. The van der Waals surface area contributed by atoms with Crippen LogP contribution in [0.1, 0.15) is 18.9 Å². The minimum absolute atomic E-state index is 0.209. The smallest absolute Gasteiger partial charge is 0.276 e. The van der Waals surface area contributed by atoms with E-state index in [1.54, 1.807) is 24.3 Å². The van der Waals surface area contributed by atoms with Crippen LogP contribution in [0.3, 0.4) is 0 Å². The molecule has 2 rings (SSSR count). The maximum atomic E-state index is 11.8. The lowest BCUT2D eigenvalue weighted by atomic mass is 10.2. The highest BCUT2D eigenvalue weighted by molar-refractivity contribution is 5.83. The molecule has 0 unspecified atom stereocenters. The fraction of sp³-hybridized carbons (Fsp3) is 0.300. The first-order valence-electron chi connectivity index (χ1n) is 8.71. The van der Waals surface area contributed by atoms with Crippen molar-refractivity contribution < 1.29 is 23.8 Å². The molecule has 0 heterocycles. The van der Waals surface area contributed by atoms with E-state index in [-0.39, 0.29) is 13.2 Å². The Labute approximate surface area is 158 Å². The van der Waals surface area contributed by atoms with Gasteiger partial charge in [-0.05, 0) is 37.1 Å². The van der Waals surface area contributed by atoms with Gasteiger partial charge in [-0.1, -0.05) is 37.3 Å². The summed E-state index contributed by atoms with van der Waals surface area (Å²) in [5.41, 5.74) is 5.49. The van der Waals surface area contributed by atoms with Crippen molar-refractivity contribution in [2.75, 3.05) is 19.8 Å². The third kappa shape index (κ3) is 6.89. The van der Waals surface area contributed by atoms with Gasteiger partial charge in [-0.3, -0.25) is 20.4 Å². The van der Waals surface area contributed by atoms with Gasteiger partial charge in [0.15, 0.2) is 24.7 Å². The quantitative estimate of drug-likeness (QED) is 0.660. The highest BCUT2D eigenvalue weighted by atomic mass is 16.5. The molecular formula is C20H24N2O5. The Bertz CT molecular complexity index is 764. The van der Waals surface area contributed by atoms with Crippen LogP contribution in [0.5, 0.6) is 17.2 Å². The van der Waals surface area contributed by atoms with Gasteiger partial charge < -0.3 is 14.2 Å². The van der Waals surface area contributed by atoms with Crippen LogP contribution in [0, 0.1) is 6.92 Å². The third-order valence-corrected chi connectivity index (χ3v) is 3.46. The largest absolute Gasteiger partial charge is 0.490 e. The number of amides is 2. The second kappa shape index (κ2) is 10.7. The SMILES string of the molecule is CCCOc1ccccc1OCC(=O)NNC(=O)COc1ccccc1C. The molecule has 27 heavy (non-hydrogen) atoms. The fourth-order valence-corrected chi connectivity index (χ4v) is 2.12. The van der Waals surface area contributed by atoms with E-state index in [0.29, 0.717) is 23.9 Å². The first-order chi connectivity index (χ1) is 13.1. The fourth-order valence-electron chi connectivity index (χ4n) is 2.12. The minimum Gasteiger partial charge on any atom is -0.490 e. The molecule has 0 aliphatic heterocycles. The van der Waals surface area contributed by atoms with Crippen molar-refractivity contribution >= 4 is 11.8 Å². The van der Waals surface area contributed by atoms with E-state index in [2.05, 4.69) is 10.9 Å². The number of nitrogens with one attached hydrogen (secondary N) is 2. The summed E-state index contributed by atoms with van der Waals surface area (Å²) in [6.07, 6.45) is 0.866. The molecule has 0 aliphatic rings. The molecular weight excluding hydrogens is 348 g/mol. The Kier molecular flexibility index (Phi) is 7.96. The van der Waals surface area contributed by atoms with Crippen LogP contribution < -0.4 is 25.1 Å². The first kappa shape index (κ1) is 20.1. The average molecular weight is 372 g/mol. The number of para-hydroxylation sites is 3. The van der Waals surface area contributed by atoms with Crippen LogP contribution in [-0.2, 0) is 9.59 Å². The maximum Gasteiger partial charge on any atom is 0.276 e. The Balaban J connectivity index is 1.72. The van der Waals surface area contributed by atoms with E-state index in [1.807, 2.05) is 38.1 Å². The molecule has 144 valence electrons. The molecule has 2 aromatic carbocycles. The van der Waals surface area contributed by atoms with Crippen molar-refractivity contribution in [2.24, 2.45) is 0 Å². The van der Waals surface area contributed by atoms with Gasteiger partial charge in [-0.15, -0.1) is 0 Å². The minimum atomic E-state index is -0.496. The molecule has 0 aromatic heterocycles. The van der Waals surface area contributed by atoms with Crippen molar-refractivity contribution in [3.8, 4) is 17.2 Å². The lowest BCUT2D eigenvalue weighted by Crippen LogP contribution is -2.45. The number of benzene rings is 2. The van der Waals surface area contributed by atoms with Gasteiger partial charge in [0.2, 0.25) is 0 Å². The Morgan fingerprint density at radius 3 is 1.81 bits per heavy atom. The first-order valence-corrected chi connectivity index (χ1v) is 8.71. The summed E-state index contributed by atoms with van der Waals surface area (Å²) in [5, 5.41) is 0. The van der Waals surface area contributed by atoms with E-state index in [9.17, 15) is 9.59 Å². The Morgan fingerprint density at radius 2 is 1.26 bits per heavy atom. The number of ether oxygens (including phenoxy) is 3. The summed E-state index contributed by atoms with van der Waals surface area (Å²) in [4.78, 5) is 23.6. The van der Waals surface area contributed by atoms with Crippen LogP contribution in [0.25, 0.3) is 0 Å². The van der Waals surface area contributed by atoms with Crippen molar-refractivity contribution in [1.29, 1.82) is 0 Å². The molecule has 2 amide bonds. The van der Waals surface area contributed by atoms with E-state index >= 15 is 0 Å². The summed E-state index contributed by atoms with van der Waals surface area (Å²) in [7, 11) is 0. The predicted molar refractivity (Wildman–Crippen MR) is 101 cm³/mol. The molecule has 0 aliphatic carbocycles. The highest BCUT2D eigenvalue weighted by Gasteiger charge is 2.09. The zero-order valence-corrected chi connectivity index (χ0v) is 15.5. The standard InChI is InChI=1S/C20H24N2O5/c1-3-12-25-17-10-6-7-11-18(17)27-14-20(24)22-21-19(23)13-26-16-9-5-4-8-15(16)2/h4-11H,3,12-14H2,1-2H3,(H,21,23)(H,22,24). The molecule has 0 saturated heterocycles. The molecule has 2 N–H and O–H groups in total. The second-order valence-electron chi connectivity index (χ2n) is 5.73. The van der Waals surface area contributed by atoms with Crippen molar-refractivity contribution in [3.05, 3.63) is 54.1 Å². The Hall–Kier alpha value is -3.22. The zero-order chi connectivity index (χ0) is 19.5. The predicted octanol–water partition coefficient (Wildman–Crippen LogP) is 2.39. The van der Waals surface area contributed by atoms with Gasteiger partial charge in [0.05, 0.1) is 6.61 Å². The van der Waals surface area contributed by atoms with E-state index in [4.69, 9.17) is 14.2 Å². The number of aryl methyl sites for hydroxylation is 1. The van der Waals surface area contributed by atoms with Gasteiger partial charge >= 0.3 is 0 Å². The summed E-state index contributed by atoms with van der Waals surface area (Å²) in [6, 6.07) is 14.5. The highest BCUT2D eigenvalue weighted by Crippen LogP contribution is 2.26. The van der Waals surface area contributed by atoms with Crippen molar-refractivity contribution in [2.45, 2.75) is 20.3 Å². The van der Waals surface area contributed by atoms with Gasteiger partial charge in [-0.25, -0.2) is 0 Å². The molecule has 0 bridgehead atoms. The van der Waals surface area contributed by atoms with E-state index in [0.717, 1.165) is 12.0 Å². The van der Waals surface area contributed by atoms with Gasteiger partial charge in [0.1, 0.15) is 5.75 Å². The summed E-state index contributed by atoms with van der Waals surface area (Å²) >= 11 is 0. The Morgan fingerprint density at radius 1 is 0.778 bits per heavy atom. The molecule has 0 saturated carbocycles. The lowest BCUT2D eigenvalue weighted by Gasteiger charge is -2.13. The van der Waals surface area contributed by atoms with Crippen LogP contribution in [0.15, 0.2) is 48.5 Å². The van der Waals surface area contributed by atoms with E-state index < -0.39 is 11.8 Å². The number of hydrogen-bond acceptors (Lipinski definition) is 5. The zero-order valence-electron chi connectivity index (χ0n) is 15.5. The molecule has 0 radical (unpaired) electrons. The number of rotatable bonds is 9. The number of carbonyl (C=O) groups is 2. The lowest BCUT2D eigenvalue weighted by molar-refractivity contribution is -0.131. The number of hydrazine groups is 1. The topological polar surface area (TPSA) is 85.9 Å². The summed E-state index contributed by atoms with van der Waals surface area (Å²) in [6.45, 7) is 3.98. The van der Waals surface area contributed by atoms with E-state index in [1.165, 1.54) is 0 Å². The van der Waals surface area contributed by atoms with Gasteiger partial charge in [0, 0.05) is 0 Å². The summed E-state index contributed by atoms with van der Waals surface area (Å²) < 4.78 is 16.4. The van der Waals surface area contributed by atoms with Crippen molar-refractivity contribution in [3.63, 3.8) is 0 Å². The van der Waals surface area contributed by atoms with Crippen LogP contribution >= 0.6 is 0 Å². The number of hydrogen-bond donors (Lipinski definition) is 2. The maximum absolute atomic E-state index is 11.8. The molecule has 7 heteroatoms.